The number of hydrogen-bond acceptors (Lipinski definition) is 6. The molecular formula is C30H34N4O2. The Morgan fingerprint density at radius 3 is 2.47 bits per heavy atom. The van der Waals surface area contributed by atoms with Crippen molar-refractivity contribution in [3.05, 3.63) is 83.9 Å². The van der Waals surface area contributed by atoms with Crippen LogP contribution in [0.1, 0.15) is 29.9 Å². The highest BCUT2D eigenvalue weighted by Gasteiger charge is 2.25. The maximum absolute atomic E-state index is 5.65. The van der Waals surface area contributed by atoms with Crippen LogP contribution in [0.15, 0.2) is 72.8 Å². The van der Waals surface area contributed by atoms with Crippen molar-refractivity contribution >= 4 is 16.7 Å². The number of benzene rings is 3. The first kappa shape index (κ1) is 24.2. The van der Waals surface area contributed by atoms with E-state index in [1.807, 2.05) is 24.3 Å². The molecule has 0 atom stereocenters. The van der Waals surface area contributed by atoms with Crippen LogP contribution < -0.4 is 15.0 Å². The fourth-order valence-electron chi connectivity index (χ4n) is 5.04. The van der Waals surface area contributed by atoms with Crippen LogP contribution in [0.25, 0.3) is 22.3 Å². The molecule has 186 valence electrons. The lowest BCUT2D eigenvalue weighted by molar-refractivity contribution is 0.199. The molecule has 1 aliphatic heterocycles. The third kappa shape index (κ3) is 5.35. The highest BCUT2D eigenvalue weighted by molar-refractivity contribution is 5.91. The van der Waals surface area contributed by atoms with E-state index in [1.54, 1.807) is 14.2 Å². The van der Waals surface area contributed by atoms with E-state index in [4.69, 9.17) is 19.4 Å². The van der Waals surface area contributed by atoms with Crippen molar-refractivity contribution in [3.8, 4) is 17.1 Å². The number of fused-ring (bicyclic) bond motifs is 1. The van der Waals surface area contributed by atoms with E-state index >= 15 is 0 Å². The van der Waals surface area contributed by atoms with E-state index in [9.17, 15) is 0 Å². The largest absolute Gasteiger partial charge is 0.496 e. The number of nitrogens with zero attached hydrogens (tertiary/aromatic N) is 3. The predicted octanol–water partition coefficient (Wildman–Crippen LogP) is 5.43. The minimum absolute atomic E-state index is 0.486. The molecule has 1 N–H and O–H groups in total. The molecule has 1 saturated heterocycles. The van der Waals surface area contributed by atoms with E-state index < -0.39 is 0 Å². The number of anilines is 1. The molecular weight excluding hydrogens is 448 g/mol. The maximum Gasteiger partial charge on any atom is 0.162 e. The monoisotopic (exact) mass is 482 g/mol. The van der Waals surface area contributed by atoms with Crippen molar-refractivity contribution in [1.82, 2.24) is 15.3 Å². The third-order valence-corrected chi connectivity index (χ3v) is 6.96. The Kier molecular flexibility index (Phi) is 7.74. The maximum atomic E-state index is 5.65. The molecule has 1 aliphatic rings. The lowest BCUT2D eigenvalue weighted by Crippen LogP contribution is -2.34. The molecule has 36 heavy (non-hydrogen) atoms. The quantitative estimate of drug-likeness (QED) is 0.321. The second-order valence-electron chi connectivity index (χ2n) is 9.26. The normalized spacial score (nSPS) is 14.3. The van der Waals surface area contributed by atoms with Gasteiger partial charge >= 0.3 is 0 Å². The molecule has 0 bridgehead atoms. The molecule has 0 amide bonds. The van der Waals surface area contributed by atoms with E-state index in [0.29, 0.717) is 12.5 Å². The molecule has 6 nitrogen and oxygen atoms in total. The Labute approximate surface area is 213 Å². The summed E-state index contributed by atoms with van der Waals surface area (Å²) in [6.07, 6.45) is 2.12. The van der Waals surface area contributed by atoms with Crippen LogP contribution in [-0.4, -0.2) is 50.4 Å². The molecule has 0 spiro atoms. The van der Waals surface area contributed by atoms with Crippen LogP contribution in [0.4, 0.5) is 5.82 Å². The molecule has 5 rings (SSSR count). The van der Waals surface area contributed by atoms with Gasteiger partial charge in [-0.25, -0.2) is 9.97 Å². The summed E-state index contributed by atoms with van der Waals surface area (Å²) in [5, 5.41) is 4.55. The minimum Gasteiger partial charge on any atom is -0.496 e. The van der Waals surface area contributed by atoms with Crippen molar-refractivity contribution in [2.45, 2.75) is 25.3 Å². The summed E-state index contributed by atoms with van der Waals surface area (Å²) in [4.78, 5) is 12.5. The average molecular weight is 483 g/mol. The molecule has 0 radical (unpaired) electrons. The Hall–Kier alpha value is -3.48. The van der Waals surface area contributed by atoms with E-state index in [0.717, 1.165) is 72.9 Å². The Morgan fingerprint density at radius 2 is 1.69 bits per heavy atom. The number of hydrogen-bond donors (Lipinski definition) is 1. The topological polar surface area (TPSA) is 59.5 Å². The average Bonchev–Trinajstić information content (AvgIpc) is 2.95. The molecule has 0 aliphatic carbocycles. The molecule has 4 aromatic rings. The summed E-state index contributed by atoms with van der Waals surface area (Å²) in [6.45, 7) is 4.19. The first-order chi connectivity index (χ1) is 17.8. The van der Waals surface area contributed by atoms with Gasteiger partial charge in [0.2, 0.25) is 0 Å². The number of methoxy groups -OCH3 is 2. The van der Waals surface area contributed by atoms with Crippen LogP contribution >= 0.6 is 0 Å². The van der Waals surface area contributed by atoms with Crippen molar-refractivity contribution in [3.63, 3.8) is 0 Å². The highest BCUT2D eigenvalue weighted by Crippen LogP contribution is 2.37. The van der Waals surface area contributed by atoms with Crippen LogP contribution in [0.2, 0.25) is 0 Å². The summed E-state index contributed by atoms with van der Waals surface area (Å²) in [5.74, 6) is 3.27. The second kappa shape index (κ2) is 11.5. The van der Waals surface area contributed by atoms with Gasteiger partial charge in [0.25, 0.3) is 0 Å². The predicted molar refractivity (Wildman–Crippen MR) is 146 cm³/mol. The first-order valence-corrected chi connectivity index (χ1v) is 12.7. The summed E-state index contributed by atoms with van der Waals surface area (Å²) in [5.41, 5.74) is 4.54. The van der Waals surface area contributed by atoms with Gasteiger partial charge in [0, 0.05) is 44.2 Å². The Balaban J connectivity index is 1.45. The molecule has 1 fully saturated rings. The summed E-state index contributed by atoms with van der Waals surface area (Å²) in [6, 6.07) is 25.2. The number of rotatable bonds is 9. The van der Waals surface area contributed by atoms with Crippen molar-refractivity contribution in [1.29, 1.82) is 0 Å². The minimum atomic E-state index is 0.486. The van der Waals surface area contributed by atoms with Gasteiger partial charge in [0.05, 0.1) is 19.2 Å². The standard InChI is InChI=1S/C30H34N4O2/c1-35-19-16-31-21-22-12-13-27-26(20-22)30(33-29(32-27)24-8-4-3-5-9-24)34-17-14-23(15-18-34)25-10-6-7-11-28(25)36-2/h3-13,20,23,31H,14-19,21H2,1-2H3. The third-order valence-electron chi connectivity index (χ3n) is 6.96. The SMILES string of the molecule is COCCNCc1ccc2nc(-c3ccccc3)nc(N3CCC(c4ccccc4OC)CC3)c2c1. The fraction of sp³-hybridized carbons (Fsp3) is 0.333. The van der Waals surface area contributed by atoms with Gasteiger partial charge < -0.3 is 19.7 Å². The van der Waals surface area contributed by atoms with Crippen LogP contribution in [0.5, 0.6) is 5.75 Å². The van der Waals surface area contributed by atoms with Gasteiger partial charge in [-0.15, -0.1) is 0 Å². The number of nitrogens with one attached hydrogen (secondary N) is 1. The van der Waals surface area contributed by atoms with Crippen LogP contribution in [0, 0.1) is 0 Å². The number of piperidine rings is 1. The zero-order valence-corrected chi connectivity index (χ0v) is 21.1. The lowest BCUT2D eigenvalue weighted by Gasteiger charge is -2.34. The lowest BCUT2D eigenvalue weighted by atomic mass is 9.88. The van der Waals surface area contributed by atoms with Crippen molar-refractivity contribution in [2.75, 3.05) is 45.4 Å². The summed E-state index contributed by atoms with van der Waals surface area (Å²) >= 11 is 0. The molecule has 6 heteroatoms. The van der Waals surface area contributed by atoms with Gasteiger partial charge in [-0.1, -0.05) is 54.6 Å². The first-order valence-electron chi connectivity index (χ1n) is 12.7. The fourth-order valence-corrected chi connectivity index (χ4v) is 5.04. The van der Waals surface area contributed by atoms with E-state index in [2.05, 4.69) is 58.7 Å². The molecule has 3 aromatic carbocycles. The van der Waals surface area contributed by atoms with Crippen LogP contribution in [-0.2, 0) is 11.3 Å². The molecule has 2 heterocycles. The number of ether oxygens (including phenoxy) is 2. The molecule has 0 unspecified atom stereocenters. The summed E-state index contributed by atoms with van der Waals surface area (Å²) < 4.78 is 10.8. The molecule has 1 aromatic heterocycles. The number of aromatic nitrogens is 2. The highest BCUT2D eigenvalue weighted by atomic mass is 16.5. The van der Waals surface area contributed by atoms with Gasteiger partial charge in [-0.05, 0) is 48.1 Å². The number of para-hydroxylation sites is 1. The van der Waals surface area contributed by atoms with Gasteiger partial charge in [-0.3, -0.25) is 0 Å². The Morgan fingerprint density at radius 1 is 0.917 bits per heavy atom. The van der Waals surface area contributed by atoms with Crippen molar-refractivity contribution < 1.29 is 9.47 Å². The van der Waals surface area contributed by atoms with Gasteiger partial charge in [0.1, 0.15) is 11.6 Å². The van der Waals surface area contributed by atoms with Gasteiger partial charge in [-0.2, -0.15) is 0 Å². The smallest absolute Gasteiger partial charge is 0.162 e. The Bertz CT molecular complexity index is 1290. The van der Waals surface area contributed by atoms with Gasteiger partial charge in [0.15, 0.2) is 5.82 Å². The van der Waals surface area contributed by atoms with E-state index in [-0.39, 0.29) is 0 Å². The zero-order valence-electron chi connectivity index (χ0n) is 21.1. The van der Waals surface area contributed by atoms with E-state index in [1.165, 1.54) is 11.1 Å². The zero-order chi connectivity index (χ0) is 24.7. The second-order valence-corrected chi connectivity index (χ2v) is 9.26. The van der Waals surface area contributed by atoms with Crippen molar-refractivity contribution in [2.24, 2.45) is 0 Å². The molecule has 0 saturated carbocycles. The summed E-state index contributed by atoms with van der Waals surface area (Å²) in [7, 11) is 3.48. The van der Waals surface area contributed by atoms with Crippen LogP contribution in [0.3, 0.4) is 0 Å².